The van der Waals surface area contributed by atoms with E-state index in [-0.39, 0.29) is 0 Å². The van der Waals surface area contributed by atoms with Crippen molar-refractivity contribution in [3.05, 3.63) is 0 Å². The quantitative estimate of drug-likeness (QED) is 0.384. The minimum atomic E-state index is -1.05. The van der Waals surface area contributed by atoms with Crippen molar-refractivity contribution in [1.82, 2.24) is 0 Å². The number of ether oxygens (including phenoxy) is 4. The normalized spacial score (nSPS) is 30.6. The molecule has 0 saturated heterocycles. The van der Waals surface area contributed by atoms with E-state index in [1.54, 1.807) is 0 Å². The van der Waals surface area contributed by atoms with E-state index in [0.717, 1.165) is 51.4 Å². The molecule has 2 N–H and O–H groups in total. The molecule has 1 aliphatic carbocycles. The maximum absolute atomic E-state index is 10.8. The molecule has 1 fully saturated rings. The summed E-state index contributed by atoms with van der Waals surface area (Å²) < 4.78 is 24.3. The highest BCUT2D eigenvalue weighted by Crippen LogP contribution is 2.31. The van der Waals surface area contributed by atoms with Gasteiger partial charge in [-0.2, -0.15) is 0 Å². The summed E-state index contributed by atoms with van der Waals surface area (Å²) in [4.78, 5) is 0. The van der Waals surface area contributed by atoms with Gasteiger partial charge in [0, 0.05) is 26.4 Å². The van der Waals surface area contributed by atoms with Crippen LogP contribution in [0.5, 0.6) is 0 Å². The number of hydrogen-bond acceptors (Lipinski definition) is 6. The van der Waals surface area contributed by atoms with E-state index in [1.165, 1.54) is 0 Å². The van der Waals surface area contributed by atoms with E-state index in [0.29, 0.717) is 26.4 Å². The van der Waals surface area contributed by atoms with Gasteiger partial charge in [-0.1, -0.05) is 53.4 Å². The number of rotatable bonds is 16. The Bertz CT molecular complexity index is 333. The van der Waals surface area contributed by atoms with E-state index in [1.807, 2.05) is 0 Å². The third-order valence-electron chi connectivity index (χ3n) is 5.23. The summed E-state index contributed by atoms with van der Waals surface area (Å²) in [7, 11) is 0. The van der Waals surface area contributed by atoms with E-state index in [2.05, 4.69) is 27.7 Å². The Balaban J connectivity index is 2.98. The third kappa shape index (κ3) is 8.25. The van der Waals surface area contributed by atoms with E-state index in [4.69, 9.17) is 18.9 Å². The van der Waals surface area contributed by atoms with Crippen LogP contribution in [0.1, 0.15) is 79.1 Å². The molecule has 0 heterocycles. The molecule has 1 rings (SSSR count). The SMILES string of the molecule is CCCCOC1C(O)C(O)C(OCCCC)C(OCCCC)C1OCCCC. The van der Waals surface area contributed by atoms with Crippen LogP contribution < -0.4 is 0 Å². The summed E-state index contributed by atoms with van der Waals surface area (Å²) in [6.07, 6.45) is 3.48. The maximum Gasteiger partial charge on any atom is 0.115 e. The number of aliphatic hydroxyl groups excluding tert-OH is 2. The lowest BCUT2D eigenvalue weighted by atomic mass is 9.84. The molecular weight excluding hydrogens is 360 g/mol. The Morgan fingerprint density at radius 2 is 0.714 bits per heavy atom. The van der Waals surface area contributed by atoms with Crippen LogP contribution in [0.4, 0.5) is 0 Å². The largest absolute Gasteiger partial charge is 0.387 e. The summed E-state index contributed by atoms with van der Waals surface area (Å²) in [6, 6.07) is 0. The topological polar surface area (TPSA) is 77.4 Å². The average Bonchev–Trinajstić information content (AvgIpc) is 2.69. The lowest BCUT2D eigenvalue weighted by Gasteiger charge is -2.47. The van der Waals surface area contributed by atoms with Crippen molar-refractivity contribution in [3.8, 4) is 0 Å². The van der Waals surface area contributed by atoms with E-state index in [9.17, 15) is 10.2 Å². The highest BCUT2D eigenvalue weighted by atomic mass is 16.6. The zero-order valence-electron chi connectivity index (χ0n) is 18.5. The molecule has 0 amide bonds. The monoisotopic (exact) mass is 404 g/mol. The summed E-state index contributed by atoms with van der Waals surface area (Å²) in [5, 5.41) is 21.6. The number of unbranched alkanes of at least 4 members (excludes halogenated alkanes) is 4. The van der Waals surface area contributed by atoms with Gasteiger partial charge < -0.3 is 29.2 Å². The highest BCUT2D eigenvalue weighted by Gasteiger charge is 2.52. The van der Waals surface area contributed by atoms with Crippen molar-refractivity contribution in [2.45, 2.75) is 116 Å². The van der Waals surface area contributed by atoms with Crippen LogP contribution in [0.3, 0.4) is 0 Å². The predicted octanol–water partition coefficient (Wildman–Crippen LogP) is 3.46. The fourth-order valence-corrected chi connectivity index (χ4v) is 3.37. The Kier molecular flexibility index (Phi) is 14.4. The van der Waals surface area contributed by atoms with Crippen molar-refractivity contribution < 1.29 is 29.2 Å². The summed E-state index contributed by atoms with van der Waals surface area (Å²) in [5.74, 6) is 0. The van der Waals surface area contributed by atoms with Gasteiger partial charge in [0.1, 0.15) is 36.6 Å². The van der Waals surface area contributed by atoms with Gasteiger partial charge in [0.15, 0.2) is 0 Å². The van der Waals surface area contributed by atoms with Gasteiger partial charge in [0.25, 0.3) is 0 Å². The fraction of sp³-hybridized carbons (Fsp3) is 1.00. The second-order valence-electron chi connectivity index (χ2n) is 7.74. The summed E-state index contributed by atoms with van der Waals surface area (Å²) in [5.41, 5.74) is 0. The molecule has 168 valence electrons. The van der Waals surface area contributed by atoms with Crippen LogP contribution in [0, 0.1) is 0 Å². The molecule has 6 heteroatoms. The van der Waals surface area contributed by atoms with Crippen molar-refractivity contribution in [2.75, 3.05) is 26.4 Å². The first kappa shape index (κ1) is 25.8. The van der Waals surface area contributed by atoms with Gasteiger partial charge in [-0.05, 0) is 25.7 Å². The van der Waals surface area contributed by atoms with Gasteiger partial charge in [0.2, 0.25) is 0 Å². The minimum absolute atomic E-state index is 0.453. The maximum atomic E-state index is 10.8. The van der Waals surface area contributed by atoms with E-state index >= 15 is 0 Å². The molecule has 0 aromatic heterocycles. The molecule has 6 nitrogen and oxygen atoms in total. The summed E-state index contributed by atoms with van der Waals surface area (Å²) >= 11 is 0. The van der Waals surface area contributed by atoms with Crippen molar-refractivity contribution >= 4 is 0 Å². The molecular formula is C22H44O6. The molecule has 6 atom stereocenters. The number of hydrogen-bond donors (Lipinski definition) is 2. The Morgan fingerprint density at radius 3 is 0.964 bits per heavy atom. The standard InChI is InChI=1S/C22H44O6/c1-5-9-13-25-19-17(23)18(24)20(26-14-10-6-2)22(28-16-12-8-4)21(19)27-15-11-7-3/h17-24H,5-16H2,1-4H3. The summed E-state index contributed by atoms with van der Waals surface area (Å²) in [6.45, 7) is 10.6. The van der Waals surface area contributed by atoms with Crippen LogP contribution in [-0.2, 0) is 18.9 Å². The Hall–Kier alpha value is -0.240. The third-order valence-corrected chi connectivity index (χ3v) is 5.23. The molecule has 0 bridgehead atoms. The number of aliphatic hydroxyl groups is 2. The lowest BCUT2D eigenvalue weighted by Crippen LogP contribution is -2.66. The Morgan fingerprint density at radius 1 is 0.464 bits per heavy atom. The molecule has 0 radical (unpaired) electrons. The molecule has 28 heavy (non-hydrogen) atoms. The lowest BCUT2D eigenvalue weighted by molar-refractivity contribution is -0.266. The van der Waals surface area contributed by atoms with Crippen molar-refractivity contribution in [2.24, 2.45) is 0 Å². The van der Waals surface area contributed by atoms with Crippen LogP contribution in [0.2, 0.25) is 0 Å². The van der Waals surface area contributed by atoms with Gasteiger partial charge in [-0.3, -0.25) is 0 Å². The molecule has 1 saturated carbocycles. The van der Waals surface area contributed by atoms with Crippen LogP contribution in [0.25, 0.3) is 0 Å². The first-order valence-electron chi connectivity index (χ1n) is 11.4. The first-order chi connectivity index (χ1) is 13.6. The van der Waals surface area contributed by atoms with Crippen LogP contribution in [0.15, 0.2) is 0 Å². The zero-order valence-corrected chi connectivity index (χ0v) is 18.5. The van der Waals surface area contributed by atoms with Gasteiger partial charge in [-0.15, -0.1) is 0 Å². The molecule has 0 aromatic carbocycles. The highest BCUT2D eigenvalue weighted by molar-refractivity contribution is 5.02. The molecule has 6 unspecified atom stereocenters. The van der Waals surface area contributed by atoms with E-state index < -0.39 is 36.6 Å². The Labute approximate surface area is 171 Å². The zero-order chi connectivity index (χ0) is 20.8. The fourth-order valence-electron chi connectivity index (χ4n) is 3.37. The van der Waals surface area contributed by atoms with Crippen LogP contribution in [-0.4, -0.2) is 73.3 Å². The molecule has 0 spiro atoms. The van der Waals surface area contributed by atoms with Gasteiger partial charge >= 0.3 is 0 Å². The smallest absolute Gasteiger partial charge is 0.115 e. The van der Waals surface area contributed by atoms with Gasteiger partial charge in [-0.25, -0.2) is 0 Å². The van der Waals surface area contributed by atoms with Gasteiger partial charge in [0.05, 0.1) is 0 Å². The predicted molar refractivity (Wildman–Crippen MR) is 111 cm³/mol. The first-order valence-corrected chi connectivity index (χ1v) is 11.4. The minimum Gasteiger partial charge on any atom is -0.387 e. The average molecular weight is 405 g/mol. The molecule has 0 aliphatic heterocycles. The second kappa shape index (κ2) is 15.6. The van der Waals surface area contributed by atoms with Crippen molar-refractivity contribution in [3.63, 3.8) is 0 Å². The van der Waals surface area contributed by atoms with Crippen LogP contribution >= 0.6 is 0 Å². The molecule has 1 aliphatic rings. The molecule has 0 aromatic rings. The second-order valence-corrected chi connectivity index (χ2v) is 7.74. The van der Waals surface area contributed by atoms with Crippen molar-refractivity contribution in [1.29, 1.82) is 0 Å².